The molecule has 0 spiro atoms. The predicted octanol–water partition coefficient (Wildman–Crippen LogP) is 4.97. The average Bonchev–Trinajstić information content (AvgIpc) is 2.90. The van der Waals surface area contributed by atoms with Crippen molar-refractivity contribution in [1.82, 2.24) is 10.3 Å². The number of benzene rings is 1. The lowest BCUT2D eigenvalue weighted by Gasteiger charge is -2.36. The number of hydrogen-bond acceptors (Lipinski definition) is 7. The molecule has 2 aliphatic rings. The summed E-state index contributed by atoms with van der Waals surface area (Å²) in [6, 6.07) is 11.4. The number of hydrogen-bond donors (Lipinski definition) is 3. The Morgan fingerprint density at radius 3 is 2.60 bits per heavy atom. The molecule has 192 valence electrons. The molecule has 35 heavy (non-hydrogen) atoms. The molecule has 2 fully saturated rings. The van der Waals surface area contributed by atoms with Gasteiger partial charge in [0, 0.05) is 82.9 Å². The van der Waals surface area contributed by atoms with Crippen LogP contribution in [0, 0.1) is 0 Å². The Labute approximate surface area is 214 Å². The summed E-state index contributed by atoms with van der Waals surface area (Å²) in [6.07, 6.45) is 8.10. The number of nitrogens with one attached hydrogen (secondary N) is 3. The first-order chi connectivity index (χ1) is 17.1. The van der Waals surface area contributed by atoms with E-state index in [0.29, 0.717) is 17.1 Å². The molecule has 1 aromatic heterocycles. The Kier molecular flexibility index (Phi) is 9.63. The van der Waals surface area contributed by atoms with E-state index < -0.39 is 0 Å². The highest BCUT2D eigenvalue weighted by atomic mass is 35.5. The highest BCUT2D eigenvalue weighted by Gasteiger charge is 2.32. The zero-order valence-corrected chi connectivity index (χ0v) is 21.7. The van der Waals surface area contributed by atoms with Gasteiger partial charge in [-0.2, -0.15) is 0 Å². The van der Waals surface area contributed by atoms with Crippen LogP contribution in [0.5, 0.6) is 0 Å². The molecule has 0 atom stereocenters. The fourth-order valence-corrected chi connectivity index (χ4v) is 5.22. The molecule has 1 saturated heterocycles. The number of nitrogens with zero attached hydrogens (tertiary/aromatic N) is 1. The first-order valence-corrected chi connectivity index (χ1v) is 13.1. The van der Waals surface area contributed by atoms with Crippen LogP contribution in [0.1, 0.15) is 38.5 Å². The summed E-state index contributed by atoms with van der Waals surface area (Å²) in [5, 5.41) is 11.4. The monoisotopic (exact) mass is 502 g/mol. The molecule has 2 aromatic rings. The van der Waals surface area contributed by atoms with E-state index >= 15 is 0 Å². The minimum atomic E-state index is -0.183. The molecule has 1 aromatic carbocycles. The molecule has 8 heteroatoms. The van der Waals surface area contributed by atoms with Gasteiger partial charge in [-0.3, -0.25) is 0 Å². The van der Waals surface area contributed by atoms with E-state index in [1.807, 2.05) is 0 Å². The van der Waals surface area contributed by atoms with Crippen LogP contribution in [0.15, 0.2) is 36.5 Å². The van der Waals surface area contributed by atoms with E-state index in [-0.39, 0.29) is 5.60 Å². The lowest BCUT2D eigenvalue weighted by molar-refractivity contribution is -0.0807. The molecule has 0 amide bonds. The lowest BCUT2D eigenvalue weighted by atomic mass is 9.91. The van der Waals surface area contributed by atoms with Gasteiger partial charge in [-0.05, 0) is 49.4 Å². The van der Waals surface area contributed by atoms with Gasteiger partial charge in [0.15, 0.2) is 0 Å². The minimum absolute atomic E-state index is 0.183. The van der Waals surface area contributed by atoms with Crippen molar-refractivity contribution in [1.29, 1.82) is 0 Å². The number of halogens is 1. The predicted molar refractivity (Wildman–Crippen MR) is 143 cm³/mol. The normalized spacial score (nSPS) is 22.0. The molecule has 1 aliphatic heterocycles. The number of aromatic nitrogens is 1. The third kappa shape index (κ3) is 7.30. The van der Waals surface area contributed by atoms with E-state index in [4.69, 9.17) is 25.8 Å². The maximum atomic E-state index is 6.59. The highest BCUT2D eigenvalue weighted by Crippen LogP contribution is 2.32. The molecule has 3 N–H and O–H groups in total. The number of rotatable bonds is 11. The lowest BCUT2D eigenvalue weighted by Crippen LogP contribution is -2.44. The van der Waals surface area contributed by atoms with Crippen molar-refractivity contribution in [2.75, 3.05) is 57.8 Å². The van der Waals surface area contributed by atoms with Crippen molar-refractivity contribution in [3.8, 4) is 11.1 Å². The summed E-state index contributed by atoms with van der Waals surface area (Å²) < 4.78 is 16.5. The van der Waals surface area contributed by atoms with Gasteiger partial charge in [-0.15, -0.1) is 0 Å². The van der Waals surface area contributed by atoms with Crippen LogP contribution in [0.2, 0.25) is 5.02 Å². The van der Waals surface area contributed by atoms with Crippen LogP contribution >= 0.6 is 11.6 Å². The zero-order valence-electron chi connectivity index (χ0n) is 20.9. The summed E-state index contributed by atoms with van der Waals surface area (Å²) in [4.78, 5) is 4.56. The molecule has 4 rings (SSSR count). The summed E-state index contributed by atoms with van der Waals surface area (Å²) in [5.41, 5.74) is 2.91. The van der Waals surface area contributed by atoms with Gasteiger partial charge in [0.1, 0.15) is 5.82 Å². The SMILES string of the molecule is COCCNC1CCC(Nc2cc(-c3cccc(NCC4(OC)CCOCC4)c3)c(Cl)cn2)CC1. The largest absolute Gasteiger partial charge is 0.383 e. The zero-order chi connectivity index (χ0) is 24.5. The van der Waals surface area contributed by atoms with Crippen LogP contribution in [0.4, 0.5) is 11.5 Å². The number of ether oxygens (including phenoxy) is 3. The Balaban J connectivity index is 1.37. The molecule has 0 bridgehead atoms. The summed E-state index contributed by atoms with van der Waals surface area (Å²) in [5.74, 6) is 0.874. The first kappa shape index (κ1) is 26.2. The summed E-state index contributed by atoms with van der Waals surface area (Å²) in [6.45, 7) is 3.90. The molecule has 2 heterocycles. The molecule has 0 radical (unpaired) electrons. The maximum absolute atomic E-state index is 6.59. The van der Waals surface area contributed by atoms with E-state index in [0.717, 1.165) is 94.1 Å². The van der Waals surface area contributed by atoms with Crippen molar-refractivity contribution in [3.63, 3.8) is 0 Å². The van der Waals surface area contributed by atoms with Crippen LogP contribution in [-0.4, -0.2) is 69.8 Å². The molecular weight excluding hydrogens is 464 g/mol. The maximum Gasteiger partial charge on any atom is 0.126 e. The van der Waals surface area contributed by atoms with Gasteiger partial charge in [0.05, 0.1) is 17.2 Å². The van der Waals surface area contributed by atoms with Crippen LogP contribution in [-0.2, 0) is 14.2 Å². The van der Waals surface area contributed by atoms with Crippen LogP contribution in [0.25, 0.3) is 11.1 Å². The smallest absolute Gasteiger partial charge is 0.126 e. The van der Waals surface area contributed by atoms with Gasteiger partial charge in [0.25, 0.3) is 0 Å². The topological polar surface area (TPSA) is 76.7 Å². The van der Waals surface area contributed by atoms with Crippen molar-refractivity contribution >= 4 is 23.1 Å². The quantitative estimate of drug-likeness (QED) is 0.374. The summed E-state index contributed by atoms with van der Waals surface area (Å²) in [7, 11) is 3.53. The average molecular weight is 503 g/mol. The second-order valence-corrected chi connectivity index (χ2v) is 10.0. The van der Waals surface area contributed by atoms with Crippen molar-refractivity contribution < 1.29 is 14.2 Å². The van der Waals surface area contributed by atoms with Crippen LogP contribution in [0.3, 0.4) is 0 Å². The van der Waals surface area contributed by atoms with Crippen molar-refractivity contribution in [2.45, 2.75) is 56.2 Å². The van der Waals surface area contributed by atoms with Crippen LogP contribution < -0.4 is 16.0 Å². The Bertz CT molecular complexity index is 930. The van der Waals surface area contributed by atoms with Gasteiger partial charge in [-0.25, -0.2) is 4.98 Å². The van der Waals surface area contributed by atoms with Crippen molar-refractivity contribution in [3.05, 3.63) is 41.6 Å². The third-order valence-electron chi connectivity index (χ3n) is 7.30. The van der Waals surface area contributed by atoms with Gasteiger partial charge in [-0.1, -0.05) is 23.7 Å². The third-order valence-corrected chi connectivity index (χ3v) is 7.60. The molecular formula is C27H39ClN4O3. The van der Waals surface area contributed by atoms with Gasteiger partial charge in [0.2, 0.25) is 0 Å². The molecule has 7 nitrogen and oxygen atoms in total. The van der Waals surface area contributed by atoms with E-state index in [9.17, 15) is 0 Å². The minimum Gasteiger partial charge on any atom is -0.383 e. The second-order valence-electron chi connectivity index (χ2n) is 9.62. The Morgan fingerprint density at radius 1 is 1.09 bits per heavy atom. The van der Waals surface area contributed by atoms with Crippen molar-refractivity contribution in [2.24, 2.45) is 0 Å². The fraction of sp³-hybridized carbons (Fsp3) is 0.593. The number of anilines is 2. The molecule has 1 aliphatic carbocycles. The number of methoxy groups -OCH3 is 2. The Hall–Kier alpha value is -1.90. The van der Waals surface area contributed by atoms with E-state index in [2.05, 4.69) is 51.3 Å². The first-order valence-electron chi connectivity index (χ1n) is 12.7. The van der Waals surface area contributed by atoms with Gasteiger partial charge < -0.3 is 30.2 Å². The Morgan fingerprint density at radius 2 is 1.86 bits per heavy atom. The highest BCUT2D eigenvalue weighted by molar-refractivity contribution is 6.33. The standard InChI is InChI=1S/C27H39ClN4O3/c1-33-15-12-29-21-6-8-22(9-7-21)32-26-17-24(25(28)18-30-26)20-4-3-5-23(16-20)31-19-27(34-2)10-13-35-14-11-27/h3-5,16-18,21-22,29,31H,6-15,19H2,1-2H3,(H,30,32). The molecule has 1 saturated carbocycles. The van der Waals surface area contributed by atoms with Gasteiger partial charge >= 0.3 is 0 Å². The fourth-order valence-electron chi connectivity index (χ4n) is 5.01. The summed E-state index contributed by atoms with van der Waals surface area (Å²) >= 11 is 6.59. The second kappa shape index (κ2) is 12.9. The van der Waals surface area contributed by atoms with E-state index in [1.54, 1.807) is 20.4 Å². The van der Waals surface area contributed by atoms with E-state index in [1.165, 1.54) is 0 Å². The number of pyridine rings is 1. The molecule has 0 unspecified atom stereocenters.